The first-order chi connectivity index (χ1) is 6.09. The van der Waals surface area contributed by atoms with Crippen LogP contribution in [-0.2, 0) is 4.79 Å². The van der Waals surface area contributed by atoms with Crippen molar-refractivity contribution in [1.82, 2.24) is 9.80 Å². The number of carbonyl (C=O) groups is 1. The van der Waals surface area contributed by atoms with Crippen LogP contribution in [0.5, 0.6) is 0 Å². The fourth-order valence-electron chi connectivity index (χ4n) is 1.91. The van der Waals surface area contributed by atoms with Gasteiger partial charge in [-0.1, -0.05) is 0 Å². The topological polar surface area (TPSA) is 43.8 Å². The van der Waals surface area contributed by atoms with E-state index in [0.717, 1.165) is 25.9 Å². The van der Waals surface area contributed by atoms with Gasteiger partial charge in [-0.05, 0) is 33.5 Å². The summed E-state index contributed by atoms with van der Waals surface area (Å²) in [5.74, 6) is -0.717. The normalized spacial score (nSPS) is 24.1. The second kappa shape index (κ2) is 4.58. The van der Waals surface area contributed by atoms with E-state index in [4.69, 9.17) is 5.11 Å². The van der Waals surface area contributed by atoms with Gasteiger partial charge in [0.05, 0.1) is 6.54 Å². The number of nitrogens with zero attached hydrogens (tertiary/aromatic N) is 2. The zero-order valence-corrected chi connectivity index (χ0v) is 8.36. The molecule has 1 aliphatic heterocycles. The van der Waals surface area contributed by atoms with Crippen LogP contribution in [0.3, 0.4) is 0 Å². The molecule has 0 unspecified atom stereocenters. The van der Waals surface area contributed by atoms with Crippen molar-refractivity contribution in [2.45, 2.75) is 18.9 Å². The van der Waals surface area contributed by atoms with Crippen LogP contribution in [0.1, 0.15) is 12.8 Å². The van der Waals surface area contributed by atoms with Crippen molar-refractivity contribution in [1.29, 1.82) is 0 Å². The van der Waals surface area contributed by atoms with E-state index in [-0.39, 0.29) is 6.54 Å². The maximum absolute atomic E-state index is 10.5. The second-order valence-corrected chi connectivity index (χ2v) is 3.92. The molecule has 13 heavy (non-hydrogen) atoms. The van der Waals surface area contributed by atoms with E-state index in [9.17, 15) is 4.79 Å². The lowest BCUT2D eigenvalue weighted by Crippen LogP contribution is -2.40. The summed E-state index contributed by atoms with van der Waals surface area (Å²) in [6.45, 7) is 2.09. The van der Waals surface area contributed by atoms with E-state index in [1.54, 1.807) is 0 Å². The summed E-state index contributed by atoms with van der Waals surface area (Å²) < 4.78 is 0. The molecule has 1 atom stereocenters. The van der Waals surface area contributed by atoms with Gasteiger partial charge in [-0.3, -0.25) is 9.69 Å². The smallest absolute Gasteiger partial charge is 0.317 e. The SMILES string of the molecule is CN(C)C[C@H]1CCCN1CC(=O)O. The van der Waals surface area contributed by atoms with Crippen molar-refractivity contribution in [2.24, 2.45) is 0 Å². The number of likely N-dealkylation sites (N-methyl/N-ethyl adjacent to an activating group) is 1. The van der Waals surface area contributed by atoms with Gasteiger partial charge < -0.3 is 10.0 Å². The number of likely N-dealkylation sites (tertiary alicyclic amines) is 1. The molecule has 0 radical (unpaired) electrons. The molecule has 0 aliphatic carbocycles. The lowest BCUT2D eigenvalue weighted by Gasteiger charge is -2.25. The van der Waals surface area contributed by atoms with Crippen LogP contribution in [-0.4, -0.2) is 60.6 Å². The minimum atomic E-state index is -0.717. The third-order valence-electron chi connectivity index (χ3n) is 2.41. The monoisotopic (exact) mass is 186 g/mol. The molecule has 4 nitrogen and oxygen atoms in total. The molecular weight excluding hydrogens is 168 g/mol. The van der Waals surface area contributed by atoms with Gasteiger partial charge in [0.2, 0.25) is 0 Å². The van der Waals surface area contributed by atoms with E-state index in [1.165, 1.54) is 0 Å². The van der Waals surface area contributed by atoms with Gasteiger partial charge >= 0.3 is 5.97 Å². The van der Waals surface area contributed by atoms with Gasteiger partial charge in [-0.25, -0.2) is 0 Å². The van der Waals surface area contributed by atoms with Crippen molar-refractivity contribution in [3.8, 4) is 0 Å². The molecule has 0 bridgehead atoms. The van der Waals surface area contributed by atoms with E-state index in [2.05, 4.69) is 9.80 Å². The summed E-state index contributed by atoms with van der Waals surface area (Å²) in [4.78, 5) is 14.7. The molecule has 1 heterocycles. The summed E-state index contributed by atoms with van der Waals surface area (Å²) in [5.41, 5.74) is 0. The Kier molecular flexibility index (Phi) is 3.69. The molecular formula is C9H18N2O2. The Morgan fingerprint density at radius 3 is 2.85 bits per heavy atom. The molecule has 76 valence electrons. The molecule has 0 aromatic heterocycles. The zero-order valence-electron chi connectivity index (χ0n) is 8.36. The van der Waals surface area contributed by atoms with Crippen molar-refractivity contribution in [3.63, 3.8) is 0 Å². The molecule has 0 amide bonds. The number of carboxylic acids is 1. The molecule has 0 aromatic rings. The Morgan fingerprint density at radius 1 is 1.62 bits per heavy atom. The molecule has 0 saturated carbocycles. The average molecular weight is 186 g/mol. The summed E-state index contributed by atoms with van der Waals surface area (Å²) >= 11 is 0. The molecule has 1 N–H and O–H groups in total. The largest absolute Gasteiger partial charge is 0.480 e. The second-order valence-electron chi connectivity index (χ2n) is 3.92. The number of hydrogen-bond acceptors (Lipinski definition) is 3. The van der Waals surface area contributed by atoms with Crippen LogP contribution in [0.25, 0.3) is 0 Å². The van der Waals surface area contributed by atoms with Gasteiger partial charge in [0.25, 0.3) is 0 Å². The number of carboxylic acid groups (broad SMARTS) is 1. The molecule has 0 aromatic carbocycles. The van der Waals surface area contributed by atoms with Gasteiger partial charge in [0, 0.05) is 12.6 Å². The summed E-state index contributed by atoms with van der Waals surface area (Å²) in [6, 6.07) is 0.436. The summed E-state index contributed by atoms with van der Waals surface area (Å²) in [5, 5.41) is 8.67. The van der Waals surface area contributed by atoms with Crippen molar-refractivity contribution >= 4 is 5.97 Å². The van der Waals surface area contributed by atoms with E-state index in [1.807, 2.05) is 14.1 Å². The Hall–Kier alpha value is -0.610. The summed E-state index contributed by atoms with van der Waals surface area (Å²) in [6.07, 6.45) is 2.26. The van der Waals surface area contributed by atoms with Gasteiger partial charge in [0.1, 0.15) is 0 Å². The van der Waals surface area contributed by atoms with Crippen LogP contribution in [0.4, 0.5) is 0 Å². The molecule has 1 aliphatic rings. The Bertz CT molecular complexity index is 182. The van der Waals surface area contributed by atoms with Crippen molar-refractivity contribution in [2.75, 3.05) is 33.7 Å². The first-order valence-corrected chi connectivity index (χ1v) is 4.70. The van der Waals surface area contributed by atoms with Gasteiger partial charge in [-0.15, -0.1) is 0 Å². The lowest BCUT2D eigenvalue weighted by molar-refractivity contribution is -0.138. The zero-order chi connectivity index (χ0) is 9.84. The predicted octanol–water partition coefficient (Wildman–Crippen LogP) is 0.0970. The van der Waals surface area contributed by atoms with Crippen molar-refractivity contribution in [3.05, 3.63) is 0 Å². The van der Waals surface area contributed by atoms with E-state index >= 15 is 0 Å². The third-order valence-corrected chi connectivity index (χ3v) is 2.41. The minimum absolute atomic E-state index is 0.193. The molecule has 1 rings (SSSR count). The highest BCUT2D eigenvalue weighted by Gasteiger charge is 2.25. The maximum atomic E-state index is 10.5. The minimum Gasteiger partial charge on any atom is -0.480 e. The quantitative estimate of drug-likeness (QED) is 0.676. The number of aliphatic carboxylic acids is 1. The van der Waals surface area contributed by atoms with Crippen LogP contribution in [0, 0.1) is 0 Å². The highest BCUT2D eigenvalue weighted by atomic mass is 16.4. The van der Waals surface area contributed by atoms with E-state index in [0.29, 0.717) is 6.04 Å². The van der Waals surface area contributed by atoms with Gasteiger partial charge in [-0.2, -0.15) is 0 Å². The van der Waals surface area contributed by atoms with Crippen molar-refractivity contribution < 1.29 is 9.90 Å². The fraction of sp³-hybridized carbons (Fsp3) is 0.889. The first kappa shape index (κ1) is 10.5. The van der Waals surface area contributed by atoms with Crippen LogP contribution in [0.2, 0.25) is 0 Å². The number of hydrogen-bond donors (Lipinski definition) is 1. The van der Waals surface area contributed by atoms with Gasteiger partial charge in [0.15, 0.2) is 0 Å². The highest BCUT2D eigenvalue weighted by Crippen LogP contribution is 2.16. The standard InChI is InChI=1S/C9H18N2O2/c1-10(2)6-8-4-3-5-11(8)7-9(12)13/h8H,3-7H2,1-2H3,(H,12,13)/t8-/m1/s1. The lowest BCUT2D eigenvalue weighted by atomic mass is 10.2. The Balaban J connectivity index is 2.39. The average Bonchev–Trinajstić information content (AvgIpc) is 2.34. The molecule has 4 heteroatoms. The predicted molar refractivity (Wildman–Crippen MR) is 50.8 cm³/mol. The van der Waals surface area contributed by atoms with Crippen LogP contribution >= 0.6 is 0 Å². The summed E-state index contributed by atoms with van der Waals surface area (Å²) in [7, 11) is 4.05. The van der Waals surface area contributed by atoms with Crippen LogP contribution < -0.4 is 0 Å². The molecule has 0 spiro atoms. The van der Waals surface area contributed by atoms with E-state index < -0.39 is 5.97 Å². The first-order valence-electron chi connectivity index (χ1n) is 4.70. The Labute approximate surface area is 79.1 Å². The highest BCUT2D eigenvalue weighted by molar-refractivity contribution is 5.69. The molecule has 1 saturated heterocycles. The Morgan fingerprint density at radius 2 is 2.31 bits per heavy atom. The molecule has 1 fully saturated rings. The van der Waals surface area contributed by atoms with Crippen LogP contribution in [0.15, 0.2) is 0 Å². The third kappa shape index (κ3) is 3.32. The fourth-order valence-corrected chi connectivity index (χ4v) is 1.91. The maximum Gasteiger partial charge on any atom is 0.317 e. The number of rotatable bonds is 4.